The highest BCUT2D eigenvalue weighted by molar-refractivity contribution is 5.91. The Balaban J connectivity index is 1.24. The summed E-state index contributed by atoms with van der Waals surface area (Å²) in [6, 6.07) is 13.9. The highest BCUT2D eigenvalue weighted by Crippen LogP contribution is 2.36. The maximum absolute atomic E-state index is 14.3. The summed E-state index contributed by atoms with van der Waals surface area (Å²) in [7, 11) is 3.47. The summed E-state index contributed by atoms with van der Waals surface area (Å²) in [5.74, 6) is -2.81. The topological polar surface area (TPSA) is 176 Å². The molecule has 2 aromatic carbocycles. The zero-order valence-corrected chi connectivity index (χ0v) is 43.9. The Morgan fingerprint density at radius 3 is 2.36 bits per heavy atom. The van der Waals surface area contributed by atoms with E-state index in [-0.39, 0.29) is 37.6 Å². The Bertz CT molecular complexity index is 2520. The number of nitrogens with zero attached hydrogens (tertiary/aromatic N) is 7. The van der Waals surface area contributed by atoms with E-state index in [0.29, 0.717) is 42.9 Å². The molecule has 7 rings (SSSR count). The molecule has 5 heterocycles. The summed E-state index contributed by atoms with van der Waals surface area (Å²) in [6.07, 6.45) is 1.30. The molecule has 2 fully saturated rings. The van der Waals surface area contributed by atoms with Gasteiger partial charge in [0.05, 0.1) is 71.7 Å². The maximum Gasteiger partial charge on any atom is 0.416 e. The Labute approximate surface area is 433 Å². The molecular weight excluding hydrogens is 956 g/mol. The monoisotopic (exact) mass is 1030 g/mol. The van der Waals surface area contributed by atoms with Crippen molar-refractivity contribution in [1.29, 1.82) is 0 Å². The van der Waals surface area contributed by atoms with E-state index in [4.69, 9.17) is 14.2 Å². The zero-order valence-electron chi connectivity index (χ0n) is 43.9. The van der Waals surface area contributed by atoms with Gasteiger partial charge in [0.15, 0.2) is 12.1 Å². The van der Waals surface area contributed by atoms with E-state index in [2.05, 4.69) is 26.3 Å². The van der Waals surface area contributed by atoms with E-state index >= 15 is 0 Å². The van der Waals surface area contributed by atoms with Crippen molar-refractivity contribution in [2.24, 2.45) is 23.7 Å². The van der Waals surface area contributed by atoms with Gasteiger partial charge in [0.2, 0.25) is 0 Å². The summed E-state index contributed by atoms with van der Waals surface area (Å²) < 4.78 is 62.1. The van der Waals surface area contributed by atoms with Crippen molar-refractivity contribution < 1.29 is 52.3 Å². The molecule has 0 aliphatic carbocycles. The van der Waals surface area contributed by atoms with Crippen LogP contribution < -0.4 is 0 Å². The number of carbonyl (C=O) groups is 2. The smallest absolute Gasteiger partial charge is 0.416 e. The number of para-hydroxylation sites is 1. The number of cyclic esters (lactones) is 1. The lowest BCUT2D eigenvalue weighted by atomic mass is 9.79. The minimum absolute atomic E-state index is 0.132. The van der Waals surface area contributed by atoms with Crippen LogP contribution in [0.1, 0.15) is 96.4 Å². The van der Waals surface area contributed by atoms with Crippen LogP contribution >= 0.6 is 0 Å². The number of likely N-dealkylation sites (tertiary alicyclic amines) is 1. The van der Waals surface area contributed by atoms with Gasteiger partial charge in [-0.25, -0.2) is 4.68 Å². The molecule has 3 aliphatic heterocycles. The molecule has 2 saturated heterocycles. The number of rotatable bonds is 14. The Kier molecular flexibility index (Phi) is 19.8. The Hall–Kier alpha value is -4.92. The fourth-order valence-electron chi connectivity index (χ4n) is 10.8. The number of esters is 1. The zero-order chi connectivity index (χ0) is 53.3. The number of carbonyl (C=O) groups excluding carboxylic acids is 2. The van der Waals surface area contributed by atoms with Crippen LogP contribution in [-0.2, 0) is 43.1 Å². The summed E-state index contributed by atoms with van der Waals surface area (Å²) in [6.45, 7) is 12.5. The van der Waals surface area contributed by atoms with E-state index in [0.717, 1.165) is 54.5 Å². The van der Waals surface area contributed by atoms with Crippen LogP contribution in [0.5, 0.6) is 0 Å². The van der Waals surface area contributed by atoms with Crippen LogP contribution in [-0.4, -0.2) is 151 Å². The normalized spacial score (nSPS) is 30.6. The molecule has 4 aromatic rings. The number of pyridine rings is 1. The molecule has 0 bridgehead atoms. The summed E-state index contributed by atoms with van der Waals surface area (Å²) in [4.78, 5) is 39.0. The number of aromatic nitrogens is 4. The van der Waals surface area contributed by atoms with Crippen LogP contribution in [0.3, 0.4) is 0 Å². The number of ether oxygens (including phenoxy) is 3. The second-order valence-electron chi connectivity index (χ2n) is 21.1. The SMILES string of the molecule is CC[C@H]1OC(=O)C[C@@H](O)[C@H](C)[C@@H](O[C@@H]2O[C@H](C)[C@@H](O)[C@H](N(C)C)[C@H]2O)[C@@H](CCN(Cc2ccc(C(F)(F)F)cc2)Cc2cn(-c3cnc4ccccc4c3)nn2)C[C@@H](C)C(=O)/C=C/C(C)=C/[C@@H]1CN1CCCCC1. The number of alkyl halides is 3. The van der Waals surface area contributed by atoms with Crippen molar-refractivity contribution in [3.8, 4) is 5.69 Å². The van der Waals surface area contributed by atoms with Crippen LogP contribution in [0.2, 0.25) is 0 Å². The van der Waals surface area contributed by atoms with Gasteiger partial charge in [-0.15, -0.1) is 5.10 Å². The summed E-state index contributed by atoms with van der Waals surface area (Å²) in [5.41, 5.74) is 2.77. The van der Waals surface area contributed by atoms with Gasteiger partial charge < -0.3 is 39.3 Å². The molecule has 0 unspecified atom stereocenters. The lowest BCUT2D eigenvalue weighted by molar-refractivity contribution is -0.304. The predicted molar refractivity (Wildman–Crippen MR) is 274 cm³/mol. The fraction of sp³-hybridized carbons (Fsp3) is 0.589. The van der Waals surface area contributed by atoms with E-state index in [1.54, 1.807) is 56.0 Å². The molecule has 74 heavy (non-hydrogen) atoms. The number of hydrogen-bond donors (Lipinski definition) is 3. The minimum atomic E-state index is -4.52. The van der Waals surface area contributed by atoms with Crippen LogP contribution in [0.15, 0.2) is 90.8 Å². The molecule has 0 saturated carbocycles. The molecule has 18 heteroatoms. The molecule has 0 amide bonds. The molecule has 2 aromatic heterocycles. The quantitative estimate of drug-likeness (QED) is 0.106. The van der Waals surface area contributed by atoms with Gasteiger partial charge in [0.25, 0.3) is 0 Å². The van der Waals surface area contributed by atoms with Gasteiger partial charge >= 0.3 is 12.1 Å². The number of allylic oxidation sites excluding steroid dienone is 3. The van der Waals surface area contributed by atoms with Crippen LogP contribution in [0, 0.1) is 23.7 Å². The second-order valence-corrected chi connectivity index (χ2v) is 21.1. The van der Waals surface area contributed by atoms with Gasteiger partial charge in [-0.3, -0.25) is 19.5 Å². The van der Waals surface area contributed by atoms with E-state index in [1.165, 1.54) is 18.6 Å². The predicted octanol–water partition coefficient (Wildman–Crippen LogP) is 7.55. The van der Waals surface area contributed by atoms with Gasteiger partial charge in [0, 0.05) is 42.8 Å². The number of likely N-dealkylation sites (N-methyl/N-ethyl adjacent to an activating group) is 1. The van der Waals surface area contributed by atoms with Crippen LogP contribution in [0.25, 0.3) is 16.6 Å². The van der Waals surface area contributed by atoms with Gasteiger partial charge in [-0.05, 0) is 122 Å². The molecule has 12 atom stereocenters. The third-order valence-electron chi connectivity index (χ3n) is 15.1. The van der Waals surface area contributed by atoms with Crippen molar-refractivity contribution in [3.63, 3.8) is 0 Å². The number of aliphatic hydroxyl groups excluding tert-OH is 3. The number of hydrogen-bond acceptors (Lipinski definition) is 14. The van der Waals surface area contributed by atoms with E-state index in [9.17, 15) is 38.1 Å². The first-order chi connectivity index (χ1) is 35.3. The number of halogens is 3. The van der Waals surface area contributed by atoms with Crippen molar-refractivity contribution in [3.05, 3.63) is 108 Å². The van der Waals surface area contributed by atoms with E-state index < -0.39 is 84.4 Å². The van der Waals surface area contributed by atoms with Crippen molar-refractivity contribution in [2.45, 2.75) is 148 Å². The molecule has 0 spiro atoms. The van der Waals surface area contributed by atoms with Gasteiger partial charge in [0.1, 0.15) is 12.2 Å². The molecule has 0 radical (unpaired) electrons. The van der Waals surface area contributed by atoms with Crippen LogP contribution in [0.4, 0.5) is 13.2 Å². The molecule has 3 aliphatic rings. The standard InChI is InChI=1S/C56H76F3N7O8/c1-8-49-42(32-64-23-12-9-13-24-64)26-35(2)16-21-47(67)36(3)27-41(54(37(4)48(68)29-50(69)73-49)74-55-53(71)51(63(6)7)52(70)38(5)72-55)22-25-65(31-39-17-19-43(20-18-39)56(57,58)59)33-44-34-66(62-61-44)45-28-40-14-10-11-15-46(40)60-30-45/h10-11,14-21,26,28,30,34,36-38,41-42,48-49,51-55,68,70-71H,8-9,12-13,22-25,27,29,31-33H2,1-7H3/b21-16+,35-26+/t36-,37+,38-,41+,42-,48-,49-,51+,52-,53-,54-,55+/m1/s1. The average molecular weight is 1030 g/mol. The largest absolute Gasteiger partial charge is 0.462 e. The number of benzene rings is 2. The first-order valence-electron chi connectivity index (χ1n) is 26.3. The first kappa shape index (κ1) is 56.8. The van der Waals surface area contributed by atoms with Gasteiger partial charge in [-0.1, -0.05) is 80.5 Å². The van der Waals surface area contributed by atoms with E-state index in [1.807, 2.05) is 62.1 Å². The maximum atomic E-state index is 14.3. The Morgan fingerprint density at radius 2 is 1.66 bits per heavy atom. The number of piperidine rings is 1. The van der Waals surface area contributed by atoms with Crippen molar-refractivity contribution >= 4 is 22.7 Å². The summed E-state index contributed by atoms with van der Waals surface area (Å²) in [5, 5.41) is 45.0. The summed E-state index contributed by atoms with van der Waals surface area (Å²) >= 11 is 0. The molecule has 3 N–H and O–H groups in total. The molecule has 15 nitrogen and oxygen atoms in total. The highest BCUT2D eigenvalue weighted by atomic mass is 19.4. The second kappa shape index (κ2) is 25.7. The van der Waals surface area contributed by atoms with Crippen molar-refractivity contribution in [2.75, 3.05) is 40.3 Å². The van der Waals surface area contributed by atoms with Crippen molar-refractivity contribution in [1.82, 2.24) is 34.7 Å². The number of aliphatic hydroxyl groups is 3. The number of fused-ring (bicyclic) bond motifs is 1. The highest BCUT2D eigenvalue weighted by Gasteiger charge is 2.47. The third kappa shape index (κ3) is 14.9. The first-order valence-corrected chi connectivity index (χ1v) is 26.3. The lowest BCUT2D eigenvalue weighted by Gasteiger charge is -2.46. The molecule has 404 valence electrons. The minimum Gasteiger partial charge on any atom is -0.462 e. The number of ketones is 1. The lowest BCUT2D eigenvalue weighted by Crippen LogP contribution is -2.63. The average Bonchev–Trinajstić information content (AvgIpc) is 3.84. The van der Waals surface area contributed by atoms with Gasteiger partial charge in [-0.2, -0.15) is 13.2 Å². The fourth-order valence-corrected chi connectivity index (χ4v) is 10.8. The molecular formula is C56H76F3N7O8. The Morgan fingerprint density at radius 1 is 0.932 bits per heavy atom. The third-order valence-corrected chi connectivity index (χ3v) is 15.1.